The Bertz CT molecular complexity index is 401. The third-order valence-corrected chi connectivity index (χ3v) is 3.10. The van der Waals surface area contributed by atoms with E-state index in [-0.39, 0.29) is 17.6 Å². The number of benzene rings is 1. The fourth-order valence-corrected chi connectivity index (χ4v) is 1.77. The summed E-state index contributed by atoms with van der Waals surface area (Å²) in [6, 6.07) is 5.12. The van der Waals surface area contributed by atoms with Crippen LogP contribution in [0.5, 0.6) is 5.75 Å². The van der Waals surface area contributed by atoms with E-state index in [9.17, 15) is 9.90 Å². The molecule has 1 amide bonds. The molecule has 0 heterocycles. The number of hydrogen-bond donors (Lipinski definition) is 1. The van der Waals surface area contributed by atoms with Crippen LogP contribution in [-0.4, -0.2) is 17.6 Å². The van der Waals surface area contributed by atoms with Gasteiger partial charge in [-0.05, 0) is 31.9 Å². The summed E-state index contributed by atoms with van der Waals surface area (Å²) in [5, 5.41) is 9.52. The van der Waals surface area contributed by atoms with Gasteiger partial charge in [-0.25, -0.2) is 0 Å². The van der Waals surface area contributed by atoms with Gasteiger partial charge in [0.1, 0.15) is 5.75 Å². The molecule has 1 aromatic carbocycles. The van der Waals surface area contributed by atoms with E-state index in [1.165, 1.54) is 0 Å². The predicted octanol–water partition coefficient (Wildman–Crippen LogP) is 3.10. The number of nitrogens with zero attached hydrogens (tertiary/aromatic N) is 1. The molecule has 3 heteroatoms. The molecule has 0 aliphatic heterocycles. The first kappa shape index (κ1) is 13.6. The fraction of sp³-hybridized carbons (Fsp3) is 0.500. The summed E-state index contributed by atoms with van der Waals surface area (Å²) in [7, 11) is 0. The summed E-state index contributed by atoms with van der Waals surface area (Å²) in [6.07, 6.45) is 0.827. The lowest BCUT2D eigenvalue weighted by molar-refractivity contribution is -0.121. The van der Waals surface area contributed by atoms with Gasteiger partial charge in [0.05, 0.1) is 5.69 Å². The van der Waals surface area contributed by atoms with Crippen molar-refractivity contribution in [3.05, 3.63) is 23.8 Å². The molecule has 0 saturated carbocycles. The predicted molar refractivity (Wildman–Crippen MR) is 70.3 cm³/mol. The maximum Gasteiger partial charge on any atom is 0.229 e. The zero-order valence-corrected chi connectivity index (χ0v) is 11.0. The van der Waals surface area contributed by atoms with Crippen molar-refractivity contribution in [2.75, 3.05) is 11.4 Å². The van der Waals surface area contributed by atoms with Crippen molar-refractivity contribution in [3.8, 4) is 5.75 Å². The molecular weight excluding hydrogens is 214 g/mol. The van der Waals surface area contributed by atoms with E-state index < -0.39 is 0 Å². The standard InChI is InChI=1S/C14H21NO2/c1-5-10(3)14(17)15(6-2)13-9-12(16)8-7-11(13)4/h7-10,16H,5-6H2,1-4H3. The molecule has 0 aliphatic carbocycles. The third-order valence-electron chi connectivity index (χ3n) is 3.10. The maximum atomic E-state index is 12.2. The normalized spacial score (nSPS) is 12.2. The van der Waals surface area contributed by atoms with Crippen molar-refractivity contribution >= 4 is 11.6 Å². The molecule has 1 rings (SSSR count). The highest BCUT2D eigenvalue weighted by Gasteiger charge is 2.20. The van der Waals surface area contributed by atoms with Gasteiger partial charge in [0.2, 0.25) is 5.91 Å². The highest BCUT2D eigenvalue weighted by molar-refractivity contribution is 5.95. The first-order valence-electron chi connectivity index (χ1n) is 6.12. The molecule has 0 aromatic heterocycles. The smallest absolute Gasteiger partial charge is 0.229 e. The fourth-order valence-electron chi connectivity index (χ4n) is 1.77. The molecule has 1 unspecified atom stereocenters. The second-order valence-corrected chi connectivity index (χ2v) is 4.36. The number of aryl methyl sites for hydroxylation is 1. The average Bonchev–Trinajstić information content (AvgIpc) is 2.33. The van der Waals surface area contributed by atoms with Crippen molar-refractivity contribution in [2.24, 2.45) is 5.92 Å². The Kier molecular flexibility index (Phi) is 4.55. The molecule has 0 spiro atoms. The number of phenolic OH excluding ortho intramolecular Hbond substituents is 1. The lowest BCUT2D eigenvalue weighted by Crippen LogP contribution is -2.35. The van der Waals surface area contributed by atoms with Gasteiger partial charge in [-0.15, -0.1) is 0 Å². The molecule has 1 atom stereocenters. The van der Waals surface area contributed by atoms with Crippen LogP contribution in [0.3, 0.4) is 0 Å². The number of phenols is 1. The summed E-state index contributed by atoms with van der Waals surface area (Å²) in [6.45, 7) is 8.45. The second kappa shape index (κ2) is 5.71. The summed E-state index contributed by atoms with van der Waals surface area (Å²) < 4.78 is 0. The molecule has 0 fully saturated rings. The lowest BCUT2D eigenvalue weighted by atomic mass is 10.1. The molecule has 0 aliphatic rings. The van der Waals surface area contributed by atoms with Crippen LogP contribution in [0.4, 0.5) is 5.69 Å². The van der Waals surface area contributed by atoms with Crippen LogP contribution in [0.25, 0.3) is 0 Å². The first-order chi connectivity index (χ1) is 8.01. The van der Waals surface area contributed by atoms with Crippen molar-refractivity contribution < 1.29 is 9.90 Å². The number of anilines is 1. The minimum Gasteiger partial charge on any atom is -0.508 e. The van der Waals surface area contributed by atoms with Crippen LogP contribution in [0.15, 0.2) is 18.2 Å². The van der Waals surface area contributed by atoms with E-state index in [2.05, 4.69) is 0 Å². The summed E-state index contributed by atoms with van der Waals surface area (Å²) in [5.74, 6) is 0.321. The molecular formula is C14H21NO2. The Balaban J connectivity index is 3.09. The van der Waals surface area contributed by atoms with E-state index in [0.29, 0.717) is 6.54 Å². The largest absolute Gasteiger partial charge is 0.508 e. The van der Waals surface area contributed by atoms with Crippen LogP contribution in [-0.2, 0) is 4.79 Å². The van der Waals surface area contributed by atoms with Gasteiger partial charge in [0.25, 0.3) is 0 Å². The molecule has 0 bridgehead atoms. The summed E-state index contributed by atoms with van der Waals surface area (Å²) in [4.78, 5) is 14.0. The minimum atomic E-state index is 0.0108. The summed E-state index contributed by atoms with van der Waals surface area (Å²) in [5.41, 5.74) is 1.80. The SMILES string of the molecule is CCC(C)C(=O)N(CC)c1cc(O)ccc1C. The number of carbonyl (C=O) groups excluding carboxylic acids is 1. The van der Waals surface area contributed by atoms with Crippen molar-refractivity contribution in [1.29, 1.82) is 0 Å². The van der Waals surface area contributed by atoms with Gasteiger partial charge in [-0.2, -0.15) is 0 Å². The molecule has 17 heavy (non-hydrogen) atoms. The van der Waals surface area contributed by atoms with Crippen LogP contribution >= 0.6 is 0 Å². The number of carbonyl (C=O) groups is 1. The van der Waals surface area contributed by atoms with Crippen LogP contribution in [0, 0.1) is 12.8 Å². The highest BCUT2D eigenvalue weighted by Crippen LogP contribution is 2.26. The molecule has 0 radical (unpaired) electrons. The zero-order valence-electron chi connectivity index (χ0n) is 11.0. The van der Waals surface area contributed by atoms with Crippen molar-refractivity contribution in [1.82, 2.24) is 0 Å². The summed E-state index contributed by atoms with van der Waals surface area (Å²) >= 11 is 0. The van der Waals surface area contributed by atoms with Gasteiger partial charge in [-0.3, -0.25) is 4.79 Å². The lowest BCUT2D eigenvalue weighted by Gasteiger charge is -2.25. The number of amides is 1. The number of hydrogen-bond acceptors (Lipinski definition) is 2. The number of aromatic hydroxyl groups is 1. The Hall–Kier alpha value is -1.51. The molecule has 3 nitrogen and oxygen atoms in total. The second-order valence-electron chi connectivity index (χ2n) is 4.36. The quantitative estimate of drug-likeness (QED) is 0.871. The Labute approximate surface area is 103 Å². The molecule has 1 N–H and O–H groups in total. The average molecular weight is 235 g/mol. The topological polar surface area (TPSA) is 40.5 Å². The van der Waals surface area contributed by atoms with Gasteiger partial charge in [-0.1, -0.05) is 19.9 Å². The van der Waals surface area contributed by atoms with Crippen LogP contribution in [0.1, 0.15) is 32.8 Å². The van der Waals surface area contributed by atoms with Crippen molar-refractivity contribution in [2.45, 2.75) is 34.1 Å². The molecule has 94 valence electrons. The zero-order chi connectivity index (χ0) is 13.0. The Morgan fingerprint density at radius 2 is 2.06 bits per heavy atom. The van der Waals surface area contributed by atoms with E-state index in [1.807, 2.05) is 33.8 Å². The van der Waals surface area contributed by atoms with E-state index in [4.69, 9.17) is 0 Å². The van der Waals surface area contributed by atoms with Crippen LogP contribution < -0.4 is 4.90 Å². The van der Waals surface area contributed by atoms with Crippen LogP contribution in [0.2, 0.25) is 0 Å². The van der Waals surface area contributed by atoms with Gasteiger partial charge >= 0.3 is 0 Å². The van der Waals surface area contributed by atoms with Gasteiger partial charge in [0, 0.05) is 18.5 Å². The maximum absolute atomic E-state index is 12.2. The Morgan fingerprint density at radius 3 is 2.59 bits per heavy atom. The third kappa shape index (κ3) is 2.99. The molecule has 0 saturated heterocycles. The van der Waals surface area contributed by atoms with E-state index >= 15 is 0 Å². The van der Waals surface area contributed by atoms with E-state index in [0.717, 1.165) is 17.7 Å². The first-order valence-corrected chi connectivity index (χ1v) is 6.12. The van der Waals surface area contributed by atoms with Gasteiger partial charge < -0.3 is 10.0 Å². The Morgan fingerprint density at radius 1 is 1.41 bits per heavy atom. The monoisotopic (exact) mass is 235 g/mol. The molecule has 1 aromatic rings. The highest BCUT2D eigenvalue weighted by atomic mass is 16.3. The number of rotatable bonds is 4. The minimum absolute atomic E-state index is 0.0108. The van der Waals surface area contributed by atoms with E-state index in [1.54, 1.807) is 17.0 Å². The van der Waals surface area contributed by atoms with Gasteiger partial charge in [0.15, 0.2) is 0 Å². The van der Waals surface area contributed by atoms with Crippen molar-refractivity contribution in [3.63, 3.8) is 0 Å².